The van der Waals surface area contributed by atoms with Gasteiger partial charge in [0, 0.05) is 27.8 Å². The summed E-state index contributed by atoms with van der Waals surface area (Å²) in [6, 6.07) is 96.2. The van der Waals surface area contributed by atoms with Gasteiger partial charge in [-0.05, 0) is 166 Å². The second kappa shape index (κ2) is 15.4. The molecule has 330 valence electrons. The van der Waals surface area contributed by atoms with Crippen LogP contribution in [0.3, 0.4) is 0 Å². The van der Waals surface area contributed by atoms with E-state index in [4.69, 9.17) is 4.42 Å². The summed E-state index contributed by atoms with van der Waals surface area (Å²) in [4.78, 5) is 2.42. The molecule has 0 radical (unpaired) electrons. The van der Waals surface area contributed by atoms with E-state index in [9.17, 15) is 0 Å². The lowest BCUT2D eigenvalue weighted by molar-refractivity contribution is 0.669. The number of hydrogen-bond donors (Lipinski definition) is 0. The topological polar surface area (TPSA) is 16.4 Å². The van der Waals surface area contributed by atoms with Gasteiger partial charge in [0.25, 0.3) is 0 Å². The first-order valence-electron chi connectivity index (χ1n) is 24.5. The van der Waals surface area contributed by atoms with Crippen molar-refractivity contribution in [2.75, 3.05) is 4.90 Å². The maximum absolute atomic E-state index is 6.36. The molecule has 0 bridgehead atoms. The van der Waals surface area contributed by atoms with Gasteiger partial charge < -0.3 is 9.32 Å². The summed E-state index contributed by atoms with van der Waals surface area (Å²) in [5, 5.41) is 7.20. The van der Waals surface area contributed by atoms with Gasteiger partial charge in [0.1, 0.15) is 11.2 Å². The van der Waals surface area contributed by atoms with Crippen molar-refractivity contribution in [3.8, 4) is 55.6 Å². The molecule has 13 aromatic rings. The van der Waals surface area contributed by atoms with Crippen LogP contribution in [0.4, 0.5) is 17.1 Å². The number of benzene rings is 12. The van der Waals surface area contributed by atoms with Crippen molar-refractivity contribution < 1.29 is 4.42 Å². The van der Waals surface area contributed by atoms with Gasteiger partial charge in [0.05, 0.1) is 5.41 Å². The molecule has 0 fully saturated rings. The molecule has 0 amide bonds. The van der Waals surface area contributed by atoms with Crippen LogP contribution < -0.4 is 4.90 Å². The van der Waals surface area contributed by atoms with Gasteiger partial charge >= 0.3 is 0 Å². The summed E-state index contributed by atoms with van der Waals surface area (Å²) in [5.74, 6) is 0. The molecule has 0 N–H and O–H groups in total. The van der Waals surface area contributed by atoms with Gasteiger partial charge in [-0.3, -0.25) is 0 Å². The average Bonchev–Trinajstić information content (AvgIpc) is 4.07. The number of nitrogens with zero attached hydrogens (tertiary/aromatic N) is 1. The number of fused-ring (bicyclic) bond motifs is 15. The maximum Gasteiger partial charge on any atom is 0.135 e. The molecule has 1 spiro atoms. The molecule has 2 nitrogen and oxygen atoms in total. The zero-order valence-corrected chi connectivity index (χ0v) is 38.7. The molecule has 0 saturated heterocycles. The normalized spacial score (nSPS) is 12.9. The Labute approximate surface area is 412 Å². The van der Waals surface area contributed by atoms with Crippen LogP contribution in [0.15, 0.2) is 265 Å². The molecular formula is C69H43NO. The first-order valence-corrected chi connectivity index (χ1v) is 24.5. The van der Waals surface area contributed by atoms with Crippen LogP contribution in [0, 0.1) is 0 Å². The highest BCUT2D eigenvalue weighted by atomic mass is 16.3. The number of hydrogen-bond acceptors (Lipinski definition) is 2. The summed E-state index contributed by atoms with van der Waals surface area (Å²) in [5.41, 5.74) is 22.3. The molecule has 1 aromatic heterocycles. The maximum atomic E-state index is 6.36. The standard InChI is InChI=1S/C69H43NO/c1-2-12-48-39-50(26-25-44(48)11-1)53-30-29-51-40-49(27-28-52(51)41-53)47-23-21-45(22-24-47)46-31-33-54(34-32-46)70(55-36-38-68-62(42-55)61-16-6-10-20-67(61)71-68)56-35-37-60-59-15-5-9-19-65(59)69(66(60)43-56)63-17-7-3-13-57(63)58-14-4-8-18-64(58)69/h1-43H. The molecule has 12 aromatic carbocycles. The van der Waals surface area contributed by atoms with Gasteiger partial charge in [0.15, 0.2) is 0 Å². The van der Waals surface area contributed by atoms with Crippen LogP contribution in [0.2, 0.25) is 0 Å². The van der Waals surface area contributed by atoms with Gasteiger partial charge in [-0.25, -0.2) is 0 Å². The van der Waals surface area contributed by atoms with E-state index < -0.39 is 5.41 Å². The predicted molar refractivity (Wildman–Crippen MR) is 296 cm³/mol. The quantitative estimate of drug-likeness (QED) is 0.165. The van der Waals surface area contributed by atoms with Crippen molar-refractivity contribution >= 4 is 60.5 Å². The smallest absolute Gasteiger partial charge is 0.135 e. The van der Waals surface area contributed by atoms with Crippen LogP contribution in [-0.4, -0.2) is 0 Å². The molecule has 0 aliphatic heterocycles. The first-order chi connectivity index (χ1) is 35.2. The third kappa shape index (κ3) is 6.01. The lowest BCUT2D eigenvalue weighted by atomic mass is 9.70. The molecule has 2 aliphatic rings. The van der Waals surface area contributed by atoms with Crippen molar-refractivity contribution in [3.05, 3.63) is 283 Å². The van der Waals surface area contributed by atoms with Crippen LogP contribution in [-0.2, 0) is 5.41 Å². The SMILES string of the molecule is c1ccc2c(c1)-c1ccccc1C21c2ccccc2-c2ccc(N(c3ccc(-c4ccc(-c5ccc6cc(-c7ccc8ccccc8c7)ccc6c5)cc4)cc3)c3ccc4oc5ccccc5c4c3)cc21. The molecule has 71 heavy (non-hydrogen) atoms. The Morgan fingerprint density at radius 2 is 0.662 bits per heavy atom. The largest absolute Gasteiger partial charge is 0.456 e. The van der Waals surface area contributed by atoms with Crippen molar-refractivity contribution in [2.24, 2.45) is 0 Å². The van der Waals surface area contributed by atoms with Crippen molar-refractivity contribution in [2.45, 2.75) is 5.41 Å². The van der Waals surface area contributed by atoms with E-state index in [-0.39, 0.29) is 0 Å². The summed E-state index contributed by atoms with van der Waals surface area (Å²) in [7, 11) is 0. The van der Waals surface area contributed by atoms with E-state index in [0.717, 1.165) is 39.0 Å². The van der Waals surface area contributed by atoms with E-state index in [0.29, 0.717) is 0 Å². The highest BCUT2D eigenvalue weighted by Gasteiger charge is 2.51. The molecule has 0 unspecified atom stereocenters. The highest BCUT2D eigenvalue weighted by molar-refractivity contribution is 6.07. The highest BCUT2D eigenvalue weighted by Crippen LogP contribution is 2.63. The third-order valence-corrected chi connectivity index (χ3v) is 15.5. The second-order valence-electron chi connectivity index (χ2n) is 19.2. The van der Waals surface area contributed by atoms with Crippen LogP contribution in [0.5, 0.6) is 0 Å². The minimum absolute atomic E-state index is 0.448. The van der Waals surface area contributed by atoms with Crippen molar-refractivity contribution in [1.82, 2.24) is 0 Å². The molecule has 0 saturated carbocycles. The van der Waals surface area contributed by atoms with Gasteiger partial charge in [0.2, 0.25) is 0 Å². The number of anilines is 3. The first kappa shape index (κ1) is 39.7. The zero-order chi connectivity index (χ0) is 46.6. The Balaban J connectivity index is 0.806. The van der Waals surface area contributed by atoms with E-state index in [1.54, 1.807) is 0 Å². The number of para-hydroxylation sites is 1. The van der Waals surface area contributed by atoms with Crippen LogP contribution >= 0.6 is 0 Å². The number of furan rings is 1. The Morgan fingerprint density at radius 1 is 0.254 bits per heavy atom. The van der Waals surface area contributed by atoms with Gasteiger partial charge in [-0.2, -0.15) is 0 Å². The zero-order valence-electron chi connectivity index (χ0n) is 38.7. The Morgan fingerprint density at radius 3 is 1.30 bits per heavy atom. The Hall–Kier alpha value is -9.24. The predicted octanol–water partition coefficient (Wildman–Crippen LogP) is 18.7. The summed E-state index contributed by atoms with van der Waals surface area (Å²) in [6.07, 6.45) is 0. The van der Waals surface area contributed by atoms with Crippen molar-refractivity contribution in [1.29, 1.82) is 0 Å². The summed E-state index contributed by atoms with van der Waals surface area (Å²) in [6.45, 7) is 0. The van der Waals surface area contributed by atoms with E-state index in [2.05, 4.69) is 260 Å². The molecular weight excluding hydrogens is 859 g/mol. The molecule has 15 rings (SSSR count). The fourth-order valence-corrected chi connectivity index (χ4v) is 12.2. The average molecular weight is 902 g/mol. The number of rotatable bonds is 6. The molecule has 0 atom stereocenters. The fraction of sp³-hybridized carbons (Fsp3) is 0.0145. The third-order valence-electron chi connectivity index (χ3n) is 15.5. The Kier molecular flexibility index (Phi) is 8.61. The minimum atomic E-state index is -0.448. The summed E-state index contributed by atoms with van der Waals surface area (Å²) < 4.78 is 6.36. The fourth-order valence-electron chi connectivity index (χ4n) is 12.2. The lowest BCUT2D eigenvalue weighted by Gasteiger charge is -2.32. The van der Waals surface area contributed by atoms with Gasteiger partial charge in [-0.15, -0.1) is 0 Å². The Bertz CT molecular complexity index is 4230. The van der Waals surface area contributed by atoms with Crippen molar-refractivity contribution in [3.63, 3.8) is 0 Å². The summed E-state index contributed by atoms with van der Waals surface area (Å²) >= 11 is 0. The molecule has 1 heterocycles. The monoisotopic (exact) mass is 901 g/mol. The minimum Gasteiger partial charge on any atom is -0.456 e. The van der Waals surface area contributed by atoms with Gasteiger partial charge in [-0.1, -0.05) is 194 Å². The van der Waals surface area contributed by atoms with E-state index >= 15 is 0 Å². The van der Waals surface area contributed by atoms with E-state index in [1.807, 2.05) is 6.07 Å². The molecule has 2 aliphatic carbocycles. The molecule has 2 heteroatoms. The second-order valence-corrected chi connectivity index (χ2v) is 19.2. The lowest BCUT2D eigenvalue weighted by Crippen LogP contribution is -2.26. The van der Waals surface area contributed by atoms with E-state index in [1.165, 1.54) is 99.4 Å². The van der Waals surface area contributed by atoms with Crippen LogP contribution in [0.1, 0.15) is 22.3 Å². The van der Waals surface area contributed by atoms with Crippen LogP contribution in [0.25, 0.3) is 99.1 Å².